The Kier molecular flexibility index (Phi) is 7.24. The maximum absolute atomic E-state index is 12.6. The fourth-order valence-corrected chi connectivity index (χ4v) is 1.76. The molecule has 0 unspecified atom stereocenters. The number of hydrogen-bond acceptors (Lipinski definition) is 8. The van der Waals surface area contributed by atoms with Crippen LogP contribution < -0.4 is 9.64 Å². The molecule has 0 saturated heterocycles. The summed E-state index contributed by atoms with van der Waals surface area (Å²) in [5.41, 5.74) is -3.18. The third-order valence-electron chi connectivity index (χ3n) is 2.68. The SMILES string of the molecule is CC(C)(C)OC(=O)N(C(=O)OC(C)(C)C)c1ncc(OCC(F)(F)F)nc1C(=O)O. The lowest BCUT2D eigenvalue weighted by Crippen LogP contribution is -2.45. The molecule has 1 aromatic heterocycles. The summed E-state index contributed by atoms with van der Waals surface area (Å²) in [5, 5.41) is 9.38. The van der Waals surface area contributed by atoms with E-state index in [1.165, 1.54) is 41.5 Å². The Labute approximate surface area is 169 Å². The number of carboxylic acids is 1. The van der Waals surface area contributed by atoms with E-state index in [1.54, 1.807) is 0 Å². The fraction of sp³-hybridized carbons (Fsp3) is 0.588. The average molecular weight is 437 g/mol. The van der Waals surface area contributed by atoms with Gasteiger partial charge in [-0.2, -0.15) is 18.1 Å². The molecule has 0 atom stereocenters. The van der Waals surface area contributed by atoms with Crippen LogP contribution in [0.3, 0.4) is 0 Å². The predicted octanol–water partition coefficient (Wildman–Crippen LogP) is 3.79. The van der Waals surface area contributed by atoms with E-state index >= 15 is 0 Å². The van der Waals surface area contributed by atoms with Crippen LogP contribution in [0.25, 0.3) is 0 Å². The van der Waals surface area contributed by atoms with E-state index in [1.807, 2.05) is 0 Å². The average Bonchev–Trinajstić information content (AvgIpc) is 2.49. The molecule has 30 heavy (non-hydrogen) atoms. The minimum atomic E-state index is -4.71. The summed E-state index contributed by atoms with van der Waals surface area (Å²) in [5.74, 6) is -3.38. The molecule has 1 N–H and O–H groups in total. The Balaban J connectivity index is 3.44. The minimum absolute atomic E-state index is 0.195. The highest BCUT2D eigenvalue weighted by Crippen LogP contribution is 2.25. The van der Waals surface area contributed by atoms with E-state index in [0.29, 0.717) is 6.20 Å². The Hall–Kier alpha value is -3.12. The Morgan fingerprint density at radius 3 is 1.83 bits per heavy atom. The molecule has 0 aromatic carbocycles. The van der Waals surface area contributed by atoms with Gasteiger partial charge in [0.15, 0.2) is 18.1 Å². The van der Waals surface area contributed by atoms with Gasteiger partial charge in [-0.05, 0) is 41.5 Å². The second-order valence-electron chi connectivity index (χ2n) is 7.89. The van der Waals surface area contributed by atoms with E-state index in [4.69, 9.17) is 9.47 Å². The van der Waals surface area contributed by atoms with Crippen molar-refractivity contribution in [3.63, 3.8) is 0 Å². The Morgan fingerprint density at radius 1 is 1.00 bits per heavy atom. The maximum atomic E-state index is 12.6. The number of carbonyl (C=O) groups is 3. The van der Waals surface area contributed by atoms with Crippen molar-refractivity contribution in [1.29, 1.82) is 0 Å². The number of hydrogen-bond donors (Lipinski definition) is 1. The largest absolute Gasteiger partial charge is 0.476 e. The normalized spacial score (nSPS) is 12.2. The van der Waals surface area contributed by atoms with Crippen molar-refractivity contribution < 1.29 is 46.9 Å². The number of anilines is 1. The molecule has 10 nitrogen and oxygen atoms in total. The van der Waals surface area contributed by atoms with Gasteiger partial charge in [0, 0.05) is 0 Å². The van der Waals surface area contributed by atoms with Gasteiger partial charge in [-0.15, -0.1) is 0 Å². The van der Waals surface area contributed by atoms with Crippen LogP contribution in [0.15, 0.2) is 6.20 Å². The summed E-state index contributed by atoms with van der Waals surface area (Å²) in [6.07, 6.45) is -6.71. The molecule has 0 aliphatic heterocycles. The molecule has 0 radical (unpaired) electrons. The molecular weight excluding hydrogens is 415 g/mol. The molecule has 1 aromatic rings. The molecule has 13 heteroatoms. The number of imide groups is 1. The molecule has 168 valence electrons. The number of alkyl halides is 3. The van der Waals surface area contributed by atoms with E-state index in [0.717, 1.165) is 0 Å². The number of aromatic carboxylic acids is 1. The zero-order valence-electron chi connectivity index (χ0n) is 17.2. The van der Waals surface area contributed by atoms with Crippen molar-refractivity contribution in [3.8, 4) is 5.88 Å². The van der Waals surface area contributed by atoms with E-state index in [9.17, 15) is 32.7 Å². The summed E-state index contributed by atoms with van der Waals surface area (Å²) in [4.78, 5) is 43.9. The number of rotatable bonds is 4. The van der Waals surface area contributed by atoms with Gasteiger partial charge < -0.3 is 19.3 Å². The van der Waals surface area contributed by atoms with Gasteiger partial charge in [0.1, 0.15) is 11.2 Å². The quantitative estimate of drug-likeness (QED) is 0.748. The van der Waals surface area contributed by atoms with E-state index < -0.39 is 59.5 Å². The molecule has 0 fully saturated rings. The molecule has 0 spiro atoms. The maximum Gasteiger partial charge on any atom is 0.425 e. The van der Waals surface area contributed by atoms with E-state index in [-0.39, 0.29) is 4.90 Å². The van der Waals surface area contributed by atoms with Gasteiger partial charge in [0.25, 0.3) is 0 Å². The summed E-state index contributed by atoms with van der Waals surface area (Å²) >= 11 is 0. The molecule has 0 bridgehead atoms. The van der Waals surface area contributed by atoms with Crippen molar-refractivity contribution in [2.24, 2.45) is 0 Å². The van der Waals surface area contributed by atoms with Crippen LogP contribution in [-0.2, 0) is 9.47 Å². The van der Waals surface area contributed by atoms with E-state index in [2.05, 4.69) is 14.7 Å². The van der Waals surface area contributed by atoms with Gasteiger partial charge in [-0.1, -0.05) is 0 Å². The molecule has 1 rings (SSSR count). The minimum Gasteiger partial charge on any atom is -0.476 e. The fourth-order valence-electron chi connectivity index (χ4n) is 1.76. The summed E-state index contributed by atoms with van der Waals surface area (Å²) in [6.45, 7) is 7.23. The Morgan fingerprint density at radius 2 is 1.47 bits per heavy atom. The standard InChI is InChI=1S/C17H22F3N3O7/c1-15(2,3)29-13(26)23(14(27)30-16(4,5)6)11-10(12(24)25)22-9(7-21-11)28-8-17(18,19)20/h7H,8H2,1-6H3,(H,24,25). The highest BCUT2D eigenvalue weighted by molar-refractivity contribution is 6.11. The number of nitrogens with zero attached hydrogens (tertiary/aromatic N) is 3. The van der Waals surface area contributed by atoms with Crippen LogP contribution in [0.2, 0.25) is 0 Å². The molecule has 1 heterocycles. The van der Waals surface area contributed by atoms with Crippen LogP contribution in [0.5, 0.6) is 5.88 Å². The van der Waals surface area contributed by atoms with Crippen LogP contribution in [0, 0.1) is 0 Å². The molecule has 0 saturated carbocycles. The van der Waals surface area contributed by atoms with Crippen LogP contribution in [-0.4, -0.2) is 57.2 Å². The first-order valence-electron chi connectivity index (χ1n) is 8.45. The highest BCUT2D eigenvalue weighted by atomic mass is 19.4. The number of halogens is 3. The third-order valence-corrected chi connectivity index (χ3v) is 2.68. The molecular formula is C17H22F3N3O7. The lowest BCUT2D eigenvalue weighted by molar-refractivity contribution is -0.154. The summed E-state index contributed by atoms with van der Waals surface area (Å²) in [6, 6.07) is 0. The first-order chi connectivity index (χ1) is 13.4. The molecule has 0 aliphatic carbocycles. The van der Waals surface area contributed by atoms with Crippen molar-refractivity contribution in [3.05, 3.63) is 11.9 Å². The molecule has 2 amide bonds. The first kappa shape index (κ1) is 24.9. The van der Waals surface area contributed by atoms with Crippen molar-refractivity contribution >= 4 is 24.0 Å². The van der Waals surface area contributed by atoms with Crippen LogP contribution in [0.4, 0.5) is 28.6 Å². The molecule has 0 aliphatic rings. The van der Waals surface area contributed by atoms with Crippen molar-refractivity contribution in [2.75, 3.05) is 11.5 Å². The summed E-state index contributed by atoms with van der Waals surface area (Å²) in [7, 11) is 0. The zero-order valence-corrected chi connectivity index (χ0v) is 17.2. The third kappa shape index (κ3) is 8.09. The number of carboxylic acid groups (broad SMARTS) is 1. The second-order valence-corrected chi connectivity index (χ2v) is 7.89. The number of aromatic nitrogens is 2. The first-order valence-corrected chi connectivity index (χ1v) is 8.45. The van der Waals surface area contributed by atoms with Gasteiger partial charge in [-0.25, -0.2) is 24.4 Å². The lowest BCUT2D eigenvalue weighted by Gasteiger charge is -2.28. The second kappa shape index (κ2) is 8.71. The van der Waals surface area contributed by atoms with Crippen molar-refractivity contribution in [1.82, 2.24) is 9.97 Å². The number of ether oxygens (including phenoxy) is 3. The zero-order chi connectivity index (χ0) is 23.5. The summed E-state index contributed by atoms with van der Waals surface area (Å²) < 4.78 is 51.5. The van der Waals surface area contributed by atoms with Crippen molar-refractivity contribution in [2.45, 2.75) is 58.9 Å². The van der Waals surface area contributed by atoms with Gasteiger partial charge in [0.2, 0.25) is 5.88 Å². The Bertz CT molecular complexity index is 786. The topological polar surface area (TPSA) is 128 Å². The van der Waals surface area contributed by atoms with Gasteiger partial charge in [0.05, 0.1) is 6.20 Å². The highest BCUT2D eigenvalue weighted by Gasteiger charge is 2.37. The number of amides is 2. The van der Waals surface area contributed by atoms with Crippen LogP contribution in [0.1, 0.15) is 52.0 Å². The monoisotopic (exact) mass is 437 g/mol. The number of carbonyl (C=O) groups excluding carboxylic acids is 2. The predicted molar refractivity (Wildman–Crippen MR) is 95.5 cm³/mol. The van der Waals surface area contributed by atoms with Gasteiger partial charge >= 0.3 is 24.3 Å². The smallest absolute Gasteiger partial charge is 0.425 e. The lowest BCUT2D eigenvalue weighted by atomic mass is 10.2. The van der Waals surface area contributed by atoms with Crippen LogP contribution >= 0.6 is 0 Å². The van der Waals surface area contributed by atoms with Gasteiger partial charge in [-0.3, -0.25) is 0 Å².